The predicted octanol–water partition coefficient (Wildman–Crippen LogP) is 2.51. The minimum Gasteiger partial charge on any atom is -0.392 e. The molecule has 1 fully saturated rings. The summed E-state index contributed by atoms with van der Waals surface area (Å²) in [4.78, 5) is 17.0. The lowest BCUT2D eigenvalue weighted by molar-refractivity contribution is 0.0713. The van der Waals surface area contributed by atoms with E-state index in [0.717, 1.165) is 32.1 Å². The van der Waals surface area contributed by atoms with Gasteiger partial charge in [0.25, 0.3) is 0 Å². The van der Waals surface area contributed by atoms with Gasteiger partial charge >= 0.3 is 6.09 Å². The van der Waals surface area contributed by atoms with Crippen LogP contribution in [0.4, 0.5) is 4.79 Å². The maximum Gasteiger partial charge on any atom is 0.414 e. The van der Waals surface area contributed by atoms with E-state index in [9.17, 15) is 4.79 Å². The third-order valence-corrected chi connectivity index (χ3v) is 3.55. The van der Waals surface area contributed by atoms with Crippen molar-refractivity contribution in [3.63, 3.8) is 0 Å². The number of nitrogens with zero attached hydrogens (tertiary/aromatic N) is 1. The molecule has 1 saturated heterocycles. The van der Waals surface area contributed by atoms with Crippen molar-refractivity contribution in [2.75, 3.05) is 0 Å². The molecule has 0 aliphatic carbocycles. The average molecular weight is 310 g/mol. The maximum absolute atomic E-state index is 11.7. The lowest BCUT2D eigenvalue weighted by atomic mass is 10.0. The van der Waals surface area contributed by atoms with E-state index in [0.29, 0.717) is 18.2 Å². The van der Waals surface area contributed by atoms with Crippen molar-refractivity contribution in [1.82, 2.24) is 10.6 Å². The highest BCUT2D eigenvalue weighted by atomic mass is 16.7. The van der Waals surface area contributed by atoms with Crippen molar-refractivity contribution in [2.24, 2.45) is 5.16 Å². The molecule has 2 atom stereocenters. The molecular formula is C15H26N4O3. The van der Waals surface area contributed by atoms with Crippen molar-refractivity contribution in [2.45, 2.75) is 77.0 Å². The summed E-state index contributed by atoms with van der Waals surface area (Å²) >= 11 is 0. The Bertz CT molecular complexity index is 456. The molecule has 22 heavy (non-hydrogen) atoms. The van der Waals surface area contributed by atoms with E-state index in [4.69, 9.17) is 15.0 Å². The van der Waals surface area contributed by atoms with Gasteiger partial charge in [0, 0.05) is 24.4 Å². The predicted molar refractivity (Wildman–Crippen MR) is 84.0 cm³/mol. The fraction of sp³-hybridized carbons (Fsp3) is 0.800. The molecule has 2 heterocycles. The van der Waals surface area contributed by atoms with Crippen LogP contribution in [0, 0.1) is 5.41 Å². The molecule has 0 aromatic carbocycles. The number of hydrogen-bond donors (Lipinski definition) is 3. The summed E-state index contributed by atoms with van der Waals surface area (Å²) in [7, 11) is 0. The van der Waals surface area contributed by atoms with Gasteiger partial charge in [0.05, 0.1) is 12.3 Å². The Hall–Kier alpha value is -1.79. The molecule has 0 bridgehead atoms. The first-order chi connectivity index (χ1) is 10.3. The molecule has 7 nitrogen and oxygen atoms in total. The van der Waals surface area contributed by atoms with Crippen LogP contribution in [-0.2, 0) is 9.57 Å². The highest BCUT2D eigenvalue weighted by Crippen LogP contribution is 2.20. The lowest BCUT2D eigenvalue weighted by Crippen LogP contribution is -2.41. The average Bonchev–Trinajstić information content (AvgIpc) is 2.68. The normalized spacial score (nSPS) is 25.6. The minimum atomic E-state index is -0.509. The molecule has 3 N–H and O–H groups in total. The van der Waals surface area contributed by atoms with Gasteiger partial charge in [-0.2, -0.15) is 0 Å². The number of hydrogen-bond acceptors (Lipinski definition) is 5. The van der Waals surface area contributed by atoms with Crippen molar-refractivity contribution in [3.8, 4) is 0 Å². The number of carbonyl (C=O) groups is 1. The van der Waals surface area contributed by atoms with Crippen molar-refractivity contribution < 1.29 is 14.4 Å². The van der Waals surface area contributed by atoms with E-state index < -0.39 is 6.09 Å². The summed E-state index contributed by atoms with van der Waals surface area (Å²) in [5.74, 6) is 0.915. The van der Waals surface area contributed by atoms with E-state index in [1.54, 1.807) is 0 Å². The zero-order valence-electron chi connectivity index (χ0n) is 13.6. The molecule has 7 heteroatoms. The van der Waals surface area contributed by atoms with Gasteiger partial charge in [-0.05, 0) is 33.6 Å². The Morgan fingerprint density at radius 2 is 2.27 bits per heavy atom. The maximum atomic E-state index is 11.7. The molecule has 1 amide bonds. The van der Waals surface area contributed by atoms with Gasteiger partial charge < -0.3 is 20.2 Å². The number of oxime groups is 1. The molecular weight excluding hydrogens is 284 g/mol. The zero-order valence-corrected chi connectivity index (χ0v) is 13.6. The summed E-state index contributed by atoms with van der Waals surface area (Å²) in [6.07, 6.45) is 4.67. The summed E-state index contributed by atoms with van der Waals surface area (Å²) in [5, 5.41) is 17.6. The number of rotatable bonds is 2. The quantitative estimate of drug-likeness (QED) is 0.730. The van der Waals surface area contributed by atoms with E-state index >= 15 is 0 Å². The van der Waals surface area contributed by atoms with Crippen LogP contribution in [0.25, 0.3) is 0 Å². The van der Waals surface area contributed by atoms with Gasteiger partial charge in [-0.3, -0.25) is 5.41 Å². The molecule has 2 unspecified atom stereocenters. The number of amides is 1. The largest absolute Gasteiger partial charge is 0.414 e. The first-order valence-electron chi connectivity index (χ1n) is 7.88. The van der Waals surface area contributed by atoms with Gasteiger partial charge in [0.2, 0.25) is 5.90 Å². The van der Waals surface area contributed by atoms with Crippen LogP contribution in [-0.4, -0.2) is 35.5 Å². The Labute approximate surface area is 131 Å². The van der Waals surface area contributed by atoms with E-state index in [2.05, 4.69) is 15.8 Å². The molecule has 2 rings (SSSR count). The van der Waals surface area contributed by atoms with Crippen LogP contribution in [0.5, 0.6) is 0 Å². The van der Waals surface area contributed by atoms with Crippen molar-refractivity contribution in [1.29, 1.82) is 5.41 Å². The molecule has 2 aliphatic rings. The Morgan fingerprint density at radius 1 is 1.50 bits per heavy atom. The monoisotopic (exact) mass is 310 g/mol. The molecule has 2 aliphatic heterocycles. The van der Waals surface area contributed by atoms with E-state index in [-0.39, 0.29) is 17.7 Å². The second-order valence-electron chi connectivity index (χ2n) is 6.98. The third kappa shape index (κ3) is 5.54. The smallest absolute Gasteiger partial charge is 0.392 e. The van der Waals surface area contributed by atoms with Crippen LogP contribution in [0.2, 0.25) is 0 Å². The summed E-state index contributed by atoms with van der Waals surface area (Å²) in [5.41, 5.74) is -0.346. The number of nitrogens with one attached hydrogen (secondary N) is 3. The molecule has 0 spiro atoms. The van der Waals surface area contributed by atoms with Crippen LogP contribution in [0.1, 0.15) is 59.3 Å². The fourth-order valence-electron chi connectivity index (χ4n) is 2.61. The van der Waals surface area contributed by atoms with Gasteiger partial charge in [0.15, 0.2) is 0 Å². The highest BCUT2D eigenvalue weighted by Gasteiger charge is 2.28. The summed E-state index contributed by atoms with van der Waals surface area (Å²) in [6.45, 7) is 5.66. The first-order valence-corrected chi connectivity index (χ1v) is 7.88. The molecule has 124 valence electrons. The molecule has 0 aromatic rings. The van der Waals surface area contributed by atoms with Crippen LogP contribution >= 0.6 is 0 Å². The van der Waals surface area contributed by atoms with Crippen LogP contribution < -0.4 is 10.6 Å². The van der Waals surface area contributed by atoms with Crippen LogP contribution in [0.15, 0.2) is 5.16 Å². The van der Waals surface area contributed by atoms with Gasteiger partial charge in [-0.25, -0.2) is 4.79 Å². The molecule has 0 saturated carbocycles. The first kappa shape index (κ1) is 16.6. The van der Waals surface area contributed by atoms with E-state index in [1.165, 1.54) is 0 Å². The third-order valence-electron chi connectivity index (χ3n) is 3.55. The number of alkyl carbamates (subject to hydrolysis) is 1. The number of amidine groups is 1. The Morgan fingerprint density at radius 3 is 3.00 bits per heavy atom. The second-order valence-corrected chi connectivity index (χ2v) is 6.98. The number of ether oxygens (including phenoxy) is 1. The summed E-state index contributed by atoms with van der Waals surface area (Å²) in [6, 6.07) is 0.234. The minimum absolute atomic E-state index is 0.0964. The number of carbonyl (C=O) groups excluding carboxylic acids is 1. The topological polar surface area (TPSA) is 95.8 Å². The fourth-order valence-corrected chi connectivity index (χ4v) is 2.61. The van der Waals surface area contributed by atoms with Gasteiger partial charge in [-0.1, -0.05) is 11.6 Å². The van der Waals surface area contributed by atoms with Crippen molar-refractivity contribution in [3.05, 3.63) is 0 Å². The van der Waals surface area contributed by atoms with E-state index in [1.807, 2.05) is 20.8 Å². The Balaban J connectivity index is 1.74. The lowest BCUT2D eigenvalue weighted by Gasteiger charge is -2.20. The SMILES string of the molecule is CC(C)(C)NC(=O)OC1=NOC(CC2CCCCC(=N)N2)C1. The standard InChI is InChI=1S/C15H26N4O3/c1-15(2,3)18-14(20)21-13-9-11(22-19-13)8-10-6-4-5-7-12(16)17-10/h10-11H,4-9H2,1-3H3,(H2,16,17)(H,18,20). The van der Waals surface area contributed by atoms with Gasteiger partial charge in [-0.15, -0.1) is 0 Å². The molecule has 0 aromatic heterocycles. The second kappa shape index (κ2) is 6.98. The van der Waals surface area contributed by atoms with Crippen molar-refractivity contribution >= 4 is 17.8 Å². The molecule has 0 radical (unpaired) electrons. The van der Waals surface area contributed by atoms with Gasteiger partial charge in [0.1, 0.15) is 6.10 Å². The summed E-state index contributed by atoms with van der Waals surface area (Å²) < 4.78 is 5.16. The zero-order chi connectivity index (χ0) is 16.2. The Kier molecular flexibility index (Phi) is 5.26. The highest BCUT2D eigenvalue weighted by molar-refractivity contribution is 5.88. The van der Waals surface area contributed by atoms with Crippen LogP contribution in [0.3, 0.4) is 0 Å².